The number of nitrogens with zero attached hydrogens (tertiary/aromatic N) is 1. The van der Waals surface area contributed by atoms with Crippen LogP contribution < -0.4 is 5.73 Å². The molecule has 2 aromatic carbocycles. The molecule has 5 atom stereocenters. The fourth-order valence-electron chi connectivity index (χ4n) is 6.25. The van der Waals surface area contributed by atoms with Crippen LogP contribution in [-0.2, 0) is 15.1 Å². The highest BCUT2D eigenvalue weighted by atomic mass is 19.1. The van der Waals surface area contributed by atoms with Crippen molar-refractivity contribution in [3.63, 3.8) is 0 Å². The second-order valence-electron chi connectivity index (χ2n) is 10.9. The molecular formula is C30H41FN2O4. The first kappa shape index (κ1) is 27.7. The molecule has 37 heavy (non-hydrogen) atoms. The number of hydrogen-bond donors (Lipinski definition) is 3. The summed E-state index contributed by atoms with van der Waals surface area (Å²) in [6.45, 7) is 3.57. The quantitative estimate of drug-likeness (QED) is 0.439. The molecule has 1 saturated heterocycles. The van der Waals surface area contributed by atoms with E-state index in [1.807, 2.05) is 42.2 Å². The van der Waals surface area contributed by atoms with Crippen molar-refractivity contribution in [1.29, 1.82) is 0 Å². The minimum atomic E-state index is -1.32. The van der Waals surface area contributed by atoms with Crippen LogP contribution in [0.5, 0.6) is 0 Å². The number of halogens is 1. The van der Waals surface area contributed by atoms with Gasteiger partial charge in [-0.05, 0) is 69.1 Å². The number of hydrogen-bond acceptors (Lipinski definition) is 5. The molecule has 1 aliphatic heterocycles. The lowest BCUT2D eigenvalue weighted by atomic mass is 9.71. The van der Waals surface area contributed by atoms with Crippen LogP contribution in [-0.4, -0.2) is 60.0 Å². The Labute approximate surface area is 219 Å². The predicted molar refractivity (Wildman–Crippen MR) is 142 cm³/mol. The summed E-state index contributed by atoms with van der Waals surface area (Å²) < 4.78 is 20.7. The average Bonchev–Trinajstić information content (AvgIpc) is 3.23. The molecule has 4 N–H and O–H groups in total. The van der Waals surface area contributed by atoms with Gasteiger partial charge in [-0.1, -0.05) is 42.0 Å². The summed E-state index contributed by atoms with van der Waals surface area (Å²) in [6, 6.07) is 12.3. The second kappa shape index (κ2) is 12.0. The van der Waals surface area contributed by atoms with E-state index in [0.29, 0.717) is 56.5 Å². The smallest absolute Gasteiger partial charge is 0.225 e. The first-order chi connectivity index (χ1) is 17.7. The van der Waals surface area contributed by atoms with E-state index >= 15 is 4.39 Å². The molecule has 2 aliphatic rings. The summed E-state index contributed by atoms with van der Waals surface area (Å²) in [5.74, 6) is -0.915. The SMILES string of the molecule is COCCCC[C@@](O)(c1cccc(F)c1-c1cccc(C)c1)C1CCCN(C(=O)[C@H]2C[C@@H](N)[C@@H](O)C2)C1. The van der Waals surface area contributed by atoms with E-state index in [9.17, 15) is 15.0 Å². The van der Waals surface area contributed by atoms with Gasteiger partial charge >= 0.3 is 0 Å². The van der Waals surface area contributed by atoms with Gasteiger partial charge < -0.3 is 25.6 Å². The molecule has 2 aromatic rings. The van der Waals surface area contributed by atoms with Gasteiger partial charge in [0.1, 0.15) is 5.82 Å². The average molecular weight is 513 g/mol. The predicted octanol–water partition coefficient (Wildman–Crippen LogP) is 4.14. The van der Waals surface area contributed by atoms with Crippen molar-refractivity contribution in [2.24, 2.45) is 17.6 Å². The third-order valence-corrected chi connectivity index (χ3v) is 8.28. The minimum Gasteiger partial charge on any atom is -0.391 e. The molecule has 0 bridgehead atoms. The molecule has 1 aliphatic carbocycles. The maximum absolute atomic E-state index is 15.5. The van der Waals surface area contributed by atoms with Crippen molar-refractivity contribution < 1.29 is 24.1 Å². The molecular weight excluding hydrogens is 471 g/mol. The van der Waals surface area contributed by atoms with E-state index < -0.39 is 11.7 Å². The van der Waals surface area contributed by atoms with E-state index in [1.54, 1.807) is 13.2 Å². The van der Waals surface area contributed by atoms with E-state index in [0.717, 1.165) is 30.4 Å². The van der Waals surface area contributed by atoms with Crippen LogP contribution >= 0.6 is 0 Å². The lowest BCUT2D eigenvalue weighted by Gasteiger charge is -2.44. The van der Waals surface area contributed by atoms with Gasteiger partial charge in [0, 0.05) is 50.2 Å². The number of carbonyl (C=O) groups excluding carboxylic acids is 1. The number of carbonyl (C=O) groups is 1. The molecule has 1 heterocycles. The Morgan fingerprint density at radius 3 is 2.70 bits per heavy atom. The van der Waals surface area contributed by atoms with Gasteiger partial charge in [-0.15, -0.1) is 0 Å². The number of aliphatic hydroxyl groups is 2. The number of rotatable bonds is 9. The number of benzene rings is 2. The molecule has 1 saturated carbocycles. The highest BCUT2D eigenvalue weighted by Crippen LogP contribution is 2.45. The summed E-state index contributed by atoms with van der Waals surface area (Å²) in [7, 11) is 1.66. The normalized spacial score (nSPS) is 25.7. The number of amides is 1. The topological polar surface area (TPSA) is 96.0 Å². The van der Waals surface area contributed by atoms with Gasteiger partial charge in [0.05, 0.1) is 11.7 Å². The number of ether oxygens (including phenoxy) is 1. The zero-order valence-corrected chi connectivity index (χ0v) is 22.0. The molecule has 7 heteroatoms. The van der Waals surface area contributed by atoms with E-state index in [1.165, 1.54) is 6.07 Å². The first-order valence-corrected chi connectivity index (χ1v) is 13.5. The number of nitrogens with two attached hydrogens (primary N) is 1. The number of piperidine rings is 1. The van der Waals surface area contributed by atoms with E-state index in [4.69, 9.17) is 10.5 Å². The molecule has 0 radical (unpaired) electrons. The molecule has 1 unspecified atom stereocenters. The standard InChI is InChI=1S/C30H41FN2O4/c1-20-8-5-9-21(16-20)28-24(11-6-12-25(28)31)30(36,13-3-4-15-37-2)23-10-7-14-33(19-23)29(35)22-17-26(32)27(34)18-22/h5-6,8-9,11-12,16,22-23,26-27,34,36H,3-4,7,10,13-15,17-19,32H2,1-2H3/t22-,23?,26+,27-,30-/m0/s1. The van der Waals surface area contributed by atoms with Crippen LogP contribution in [0, 0.1) is 24.6 Å². The lowest BCUT2D eigenvalue weighted by Crippen LogP contribution is -2.49. The van der Waals surface area contributed by atoms with Crippen LogP contribution in [0.1, 0.15) is 56.1 Å². The molecule has 0 aromatic heterocycles. The third kappa shape index (κ3) is 6.06. The Hall–Kier alpha value is -2.32. The van der Waals surface area contributed by atoms with Crippen molar-refractivity contribution in [3.8, 4) is 11.1 Å². The van der Waals surface area contributed by atoms with Gasteiger partial charge in [-0.3, -0.25) is 4.79 Å². The zero-order chi connectivity index (χ0) is 26.6. The number of likely N-dealkylation sites (tertiary alicyclic amines) is 1. The fraction of sp³-hybridized carbons (Fsp3) is 0.567. The highest BCUT2D eigenvalue weighted by Gasteiger charge is 2.44. The Balaban J connectivity index is 1.68. The van der Waals surface area contributed by atoms with Crippen LogP contribution in [0.15, 0.2) is 42.5 Å². The largest absolute Gasteiger partial charge is 0.391 e. The Morgan fingerprint density at radius 1 is 1.22 bits per heavy atom. The molecule has 202 valence electrons. The van der Waals surface area contributed by atoms with Crippen molar-refractivity contribution in [1.82, 2.24) is 4.90 Å². The van der Waals surface area contributed by atoms with Crippen molar-refractivity contribution in [2.75, 3.05) is 26.8 Å². The maximum Gasteiger partial charge on any atom is 0.225 e. The van der Waals surface area contributed by atoms with E-state index in [-0.39, 0.29) is 29.6 Å². The number of aliphatic hydroxyl groups excluding tert-OH is 1. The van der Waals surface area contributed by atoms with Crippen molar-refractivity contribution in [3.05, 3.63) is 59.4 Å². The van der Waals surface area contributed by atoms with Gasteiger partial charge in [-0.25, -0.2) is 4.39 Å². The molecule has 0 spiro atoms. The van der Waals surface area contributed by atoms with Gasteiger partial charge in [0.2, 0.25) is 5.91 Å². The monoisotopic (exact) mass is 512 g/mol. The van der Waals surface area contributed by atoms with Crippen LogP contribution in [0.3, 0.4) is 0 Å². The maximum atomic E-state index is 15.5. The molecule has 1 amide bonds. The highest BCUT2D eigenvalue weighted by molar-refractivity contribution is 5.79. The lowest BCUT2D eigenvalue weighted by molar-refractivity contribution is -0.141. The second-order valence-corrected chi connectivity index (χ2v) is 10.9. The van der Waals surface area contributed by atoms with Crippen LogP contribution in [0.25, 0.3) is 11.1 Å². The van der Waals surface area contributed by atoms with Crippen molar-refractivity contribution >= 4 is 5.91 Å². The number of aryl methyl sites for hydroxylation is 1. The summed E-state index contributed by atoms with van der Waals surface area (Å²) in [5.41, 5.74) is 7.41. The fourth-order valence-corrected chi connectivity index (χ4v) is 6.25. The van der Waals surface area contributed by atoms with E-state index in [2.05, 4.69) is 0 Å². The van der Waals surface area contributed by atoms with Crippen LogP contribution in [0.2, 0.25) is 0 Å². The summed E-state index contributed by atoms with van der Waals surface area (Å²) in [6.07, 6.45) is 3.63. The first-order valence-electron chi connectivity index (χ1n) is 13.5. The number of unbranched alkanes of at least 4 members (excludes halogenated alkanes) is 1. The number of methoxy groups -OCH3 is 1. The zero-order valence-electron chi connectivity index (χ0n) is 22.0. The summed E-state index contributed by atoms with van der Waals surface area (Å²) >= 11 is 0. The Morgan fingerprint density at radius 2 is 2.00 bits per heavy atom. The third-order valence-electron chi connectivity index (χ3n) is 8.28. The van der Waals surface area contributed by atoms with Crippen LogP contribution in [0.4, 0.5) is 4.39 Å². The molecule has 6 nitrogen and oxygen atoms in total. The van der Waals surface area contributed by atoms with Gasteiger partial charge in [-0.2, -0.15) is 0 Å². The summed E-state index contributed by atoms with van der Waals surface area (Å²) in [5, 5.41) is 22.6. The van der Waals surface area contributed by atoms with Gasteiger partial charge in [0.25, 0.3) is 0 Å². The Kier molecular flexibility index (Phi) is 9.01. The minimum absolute atomic E-state index is 0.00316. The Bertz CT molecular complexity index is 1070. The van der Waals surface area contributed by atoms with Crippen molar-refractivity contribution in [2.45, 2.75) is 69.6 Å². The van der Waals surface area contributed by atoms with Gasteiger partial charge in [0.15, 0.2) is 0 Å². The summed E-state index contributed by atoms with van der Waals surface area (Å²) in [4.78, 5) is 15.2. The molecule has 4 rings (SSSR count). The molecule has 2 fully saturated rings.